The predicted octanol–water partition coefficient (Wildman–Crippen LogP) is 5.21. The van der Waals surface area contributed by atoms with Crippen molar-refractivity contribution in [3.8, 4) is 5.75 Å². The number of hydrogen-bond donors (Lipinski definition) is 1. The summed E-state index contributed by atoms with van der Waals surface area (Å²) in [7, 11) is 1.52. The minimum Gasteiger partial charge on any atom is -0.419 e. The molecule has 0 saturated carbocycles. The van der Waals surface area contributed by atoms with Crippen LogP contribution in [0.15, 0.2) is 42.5 Å². The number of benzene rings is 2. The SMILES string of the molecule is CC(=S)SOc1ccccc1C(=O)N(C)N(C(=O)c1ccc(NC=O)c(Cl)c1)C(C)(C)C. The number of anilines is 1. The summed E-state index contributed by atoms with van der Waals surface area (Å²) in [6.07, 6.45) is 0.500. The minimum atomic E-state index is -0.747. The molecule has 10 heteroatoms. The van der Waals surface area contributed by atoms with Gasteiger partial charge in [0.2, 0.25) is 6.41 Å². The van der Waals surface area contributed by atoms with Crippen LogP contribution >= 0.6 is 35.9 Å². The Hall–Kier alpha value is -2.62. The molecule has 2 aromatic rings. The maximum Gasteiger partial charge on any atom is 0.276 e. The summed E-state index contributed by atoms with van der Waals surface area (Å²) in [5, 5.41) is 5.27. The lowest BCUT2D eigenvalue weighted by molar-refractivity contribution is -0.105. The van der Waals surface area contributed by atoms with Crippen molar-refractivity contribution in [2.24, 2.45) is 0 Å². The number of amides is 3. The van der Waals surface area contributed by atoms with Crippen LogP contribution in [0.3, 0.4) is 0 Å². The number of para-hydroxylation sites is 1. The lowest BCUT2D eigenvalue weighted by Gasteiger charge is -2.41. The smallest absolute Gasteiger partial charge is 0.276 e. The molecule has 0 unspecified atom stereocenters. The fraction of sp³-hybridized carbons (Fsp3) is 0.273. The first-order chi connectivity index (χ1) is 15.0. The van der Waals surface area contributed by atoms with E-state index in [9.17, 15) is 14.4 Å². The Balaban J connectivity index is 2.41. The molecule has 0 radical (unpaired) electrons. The van der Waals surface area contributed by atoms with Gasteiger partial charge in [-0.1, -0.05) is 36.0 Å². The summed E-state index contributed by atoms with van der Waals surface area (Å²) < 4.78 is 6.17. The Morgan fingerprint density at radius 2 is 1.81 bits per heavy atom. The van der Waals surface area contributed by atoms with Crippen molar-refractivity contribution >= 4 is 64.0 Å². The van der Waals surface area contributed by atoms with Crippen molar-refractivity contribution in [1.29, 1.82) is 0 Å². The van der Waals surface area contributed by atoms with Crippen molar-refractivity contribution in [1.82, 2.24) is 10.0 Å². The van der Waals surface area contributed by atoms with Gasteiger partial charge in [-0.3, -0.25) is 14.4 Å². The monoisotopic (exact) mass is 493 g/mol. The molecular formula is C22H24ClN3O4S2. The molecule has 0 bridgehead atoms. The van der Waals surface area contributed by atoms with Gasteiger partial charge in [0.15, 0.2) is 5.75 Å². The molecule has 170 valence electrons. The van der Waals surface area contributed by atoms with Crippen LogP contribution in [0.5, 0.6) is 5.75 Å². The maximum absolute atomic E-state index is 13.4. The molecule has 0 atom stereocenters. The lowest BCUT2D eigenvalue weighted by Crippen LogP contribution is -2.56. The van der Waals surface area contributed by atoms with E-state index in [0.29, 0.717) is 22.0 Å². The largest absolute Gasteiger partial charge is 0.419 e. The molecular weight excluding hydrogens is 470 g/mol. The molecule has 0 aliphatic heterocycles. The Bertz CT molecular complexity index is 1040. The molecule has 3 amide bonds. The van der Waals surface area contributed by atoms with E-state index in [1.807, 2.05) is 20.8 Å². The highest BCUT2D eigenvalue weighted by Crippen LogP contribution is 2.29. The van der Waals surface area contributed by atoms with Crippen LogP contribution in [0.4, 0.5) is 5.69 Å². The summed E-state index contributed by atoms with van der Waals surface area (Å²) in [6.45, 7) is 7.16. The maximum atomic E-state index is 13.4. The van der Waals surface area contributed by atoms with Gasteiger partial charge in [0.25, 0.3) is 11.8 Å². The average Bonchev–Trinajstić information content (AvgIpc) is 2.72. The molecule has 0 aliphatic carbocycles. The van der Waals surface area contributed by atoms with Gasteiger partial charge in [-0.05, 0) is 58.0 Å². The van der Waals surface area contributed by atoms with Crippen molar-refractivity contribution in [2.75, 3.05) is 12.4 Å². The van der Waals surface area contributed by atoms with Crippen molar-refractivity contribution < 1.29 is 18.6 Å². The van der Waals surface area contributed by atoms with E-state index < -0.39 is 17.4 Å². The molecule has 0 spiro atoms. The Morgan fingerprint density at radius 1 is 1.16 bits per heavy atom. The molecule has 32 heavy (non-hydrogen) atoms. The summed E-state index contributed by atoms with van der Waals surface area (Å²) in [6, 6.07) is 11.2. The van der Waals surface area contributed by atoms with Crippen molar-refractivity contribution in [3.05, 3.63) is 58.6 Å². The quantitative estimate of drug-likeness (QED) is 0.257. The molecule has 0 saturated heterocycles. The number of hydrazine groups is 1. The second-order valence-electron chi connectivity index (χ2n) is 7.73. The topological polar surface area (TPSA) is 79.0 Å². The van der Waals surface area contributed by atoms with E-state index >= 15 is 0 Å². The minimum absolute atomic E-state index is 0.206. The van der Waals surface area contributed by atoms with Gasteiger partial charge in [-0.15, -0.1) is 0 Å². The van der Waals surface area contributed by atoms with Crippen molar-refractivity contribution in [3.63, 3.8) is 0 Å². The second kappa shape index (κ2) is 10.8. The summed E-state index contributed by atoms with van der Waals surface area (Å²) >= 11 is 12.2. The van der Waals surface area contributed by atoms with E-state index in [1.165, 1.54) is 35.3 Å². The zero-order valence-electron chi connectivity index (χ0n) is 18.3. The van der Waals surface area contributed by atoms with E-state index in [0.717, 1.165) is 12.0 Å². The van der Waals surface area contributed by atoms with Gasteiger partial charge >= 0.3 is 0 Å². The summed E-state index contributed by atoms with van der Waals surface area (Å²) in [5.41, 5.74) is 0.174. The van der Waals surface area contributed by atoms with Gasteiger partial charge < -0.3 is 9.50 Å². The fourth-order valence-corrected chi connectivity index (χ4v) is 3.62. The third-order valence-corrected chi connectivity index (χ3v) is 5.23. The van der Waals surface area contributed by atoms with E-state index in [-0.39, 0.29) is 16.1 Å². The van der Waals surface area contributed by atoms with Gasteiger partial charge in [0.05, 0.1) is 38.1 Å². The first kappa shape index (κ1) is 25.6. The number of halogens is 1. The highest BCUT2D eigenvalue weighted by Gasteiger charge is 2.35. The number of rotatable bonds is 6. The summed E-state index contributed by atoms with van der Waals surface area (Å²) in [5.74, 6) is -0.528. The van der Waals surface area contributed by atoms with Crippen LogP contribution in [0.25, 0.3) is 0 Å². The van der Waals surface area contributed by atoms with Crippen LogP contribution in [0.2, 0.25) is 5.02 Å². The molecule has 0 heterocycles. The molecule has 1 N–H and O–H groups in total. The Labute approximate surface area is 202 Å². The number of carbonyl (C=O) groups excluding carboxylic acids is 3. The van der Waals surface area contributed by atoms with Crippen LogP contribution in [0, 0.1) is 0 Å². The third kappa shape index (κ3) is 6.21. The lowest BCUT2D eigenvalue weighted by atomic mass is 10.1. The molecule has 7 nitrogen and oxygen atoms in total. The highest BCUT2D eigenvalue weighted by molar-refractivity contribution is 8.20. The average molecular weight is 494 g/mol. The molecule has 0 aromatic heterocycles. The fourth-order valence-electron chi connectivity index (χ4n) is 2.93. The van der Waals surface area contributed by atoms with E-state index in [1.54, 1.807) is 31.2 Å². The normalized spacial score (nSPS) is 10.8. The number of carbonyl (C=O) groups is 3. The summed E-state index contributed by atoms with van der Waals surface area (Å²) in [4.78, 5) is 37.5. The van der Waals surface area contributed by atoms with Gasteiger partial charge in [-0.2, -0.15) is 0 Å². The molecule has 2 rings (SSSR count). The zero-order chi connectivity index (χ0) is 24.1. The number of hydrogen-bond acceptors (Lipinski definition) is 6. The third-order valence-electron chi connectivity index (χ3n) is 4.22. The van der Waals surface area contributed by atoms with E-state index in [2.05, 4.69) is 5.32 Å². The van der Waals surface area contributed by atoms with Crippen LogP contribution in [-0.4, -0.2) is 45.0 Å². The molecule has 0 aliphatic rings. The second-order valence-corrected chi connectivity index (χ2v) is 9.95. The number of thiocarbonyl (C=S) groups is 1. The molecule has 2 aromatic carbocycles. The van der Waals surface area contributed by atoms with Gasteiger partial charge in [-0.25, -0.2) is 10.0 Å². The van der Waals surface area contributed by atoms with Crippen molar-refractivity contribution in [2.45, 2.75) is 33.2 Å². The van der Waals surface area contributed by atoms with Crippen LogP contribution < -0.4 is 9.50 Å². The first-order valence-electron chi connectivity index (χ1n) is 9.53. The number of nitrogens with zero attached hydrogens (tertiary/aromatic N) is 2. The van der Waals surface area contributed by atoms with E-state index in [4.69, 9.17) is 28.0 Å². The number of nitrogens with one attached hydrogen (secondary N) is 1. The molecule has 0 fully saturated rings. The van der Waals surface area contributed by atoms with Crippen LogP contribution in [0.1, 0.15) is 48.4 Å². The van der Waals surface area contributed by atoms with Crippen LogP contribution in [-0.2, 0) is 4.79 Å². The highest BCUT2D eigenvalue weighted by atomic mass is 35.5. The Morgan fingerprint density at radius 3 is 2.38 bits per heavy atom. The predicted molar refractivity (Wildman–Crippen MR) is 132 cm³/mol. The first-order valence-corrected chi connectivity index (χ1v) is 11.1. The standard InChI is InChI=1S/C22H24ClN3O4S2/c1-14(31)32-30-19-9-7-6-8-16(19)21(29)25(5)26(22(2,3)4)20(28)15-10-11-18(24-13-27)17(23)12-15/h6-13H,1-5H3,(H,24,27). The van der Waals surface area contributed by atoms with Gasteiger partial charge in [0, 0.05) is 12.6 Å². The van der Waals surface area contributed by atoms with Gasteiger partial charge in [0.1, 0.15) is 0 Å². The zero-order valence-corrected chi connectivity index (χ0v) is 20.7. The Kier molecular flexibility index (Phi) is 8.65.